The molecule has 2 N–H and O–H groups in total. The highest BCUT2D eigenvalue weighted by Crippen LogP contribution is 2.38. The second-order valence-electron chi connectivity index (χ2n) is 7.04. The normalized spacial score (nSPS) is 16.4. The Kier molecular flexibility index (Phi) is 5.42. The lowest BCUT2D eigenvalue weighted by Crippen LogP contribution is -2.00. The summed E-state index contributed by atoms with van der Waals surface area (Å²) in [6.07, 6.45) is 9.73. The van der Waals surface area contributed by atoms with E-state index in [9.17, 15) is 0 Å². The first kappa shape index (κ1) is 19.6. The first-order valence-electron chi connectivity index (χ1n) is 9.25. The first-order valence-corrected chi connectivity index (χ1v) is 12.2. The van der Waals surface area contributed by atoms with Crippen molar-refractivity contribution < 1.29 is 0 Å². The Labute approximate surface area is 204 Å². The van der Waals surface area contributed by atoms with Crippen molar-refractivity contribution in [2.45, 2.75) is 12.3 Å². The van der Waals surface area contributed by atoms with Crippen LogP contribution in [0, 0.1) is 3.57 Å². The topological polar surface area (TPSA) is 44.5 Å². The minimum absolute atomic E-state index is 0.265. The molecule has 2 aromatic heterocycles. The Balaban J connectivity index is 1.70. The summed E-state index contributed by atoms with van der Waals surface area (Å²) < 4.78 is 3.53. The van der Waals surface area contributed by atoms with E-state index in [1.165, 1.54) is 12.7 Å². The maximum Gasteiger partial charge on any atom is 0.140 e. The molecule has 2 heterocycles. The summed E-state index contributed by atoms with van der Waals surface area (Å²) in [5.74, 6) is 1.16. The Morgan fingerprint density at radius 3 is 2.83 bits per heavy atom. The zero-order valence-electron chi connectivity index (χ0n) is 15.2. The van der Waals surface area contributed by atoms with Crippen molar-refractivity contribution in [1.82, 2.24) is 15.0 Å². The van der Waals surface area contributed by atoms with Crippen LogP contribution in [0.15, 0.2) is 74.9 Å². The number of nitrogens with zero attached hydrogens (tertiary/aromatic N) is 1. The number of aromatic nitrogens is 3. The number of benzene rings is 2. The Morgan fingerprint density at radius 1 is 1.10 bits per heavy atom. The third-order valence-corrected chi connectivity index (χ3v) is 7.01. The first-order chi connectivity index (χ1) is 14.1. The molecule has 0 saturated heterocycles. The van der Waals surface area contributed by atoms with Crippen molar-refractivity contribution in [2.24, 2.45) is 0 Å². The molecule has 0 radical (unpaired) electrons. The number of fused-ring (bicyclic) bond motifs is 1. The van der Waals surface area contributed by atoms with Crippen molar-refractivity contribution in [3.8, 4) is 22.6 Å². The van der Waals surface area contributed by atoms with Gasteiger partial charge in [-0.25, -0.2) is 4.98 Å². The monoisotopic (exact) mass is 667 g/mol. The van der Waals surface area contributed by atoms with Crippen LogP contribution in [0.1, 0.15) is 18.0 Å². The van der Waals surface area contributed by atoms with Gasteiger partial charge in [-0.3, -0.25) is 0 Å². The van der Waals surface area contributed by atoms with E-state index in [2.05, 4.69) is 132 Å². The van der Waals surface area contributed by atoms with Crippen LogP contribution >= 0.6 is 61.1 Å². The van der Waals surface area contributed by atoms with Crippen LogP contribution < -0.4 is 0 Å². The fourth-order valence-electron chi connectivity index (χ4n) is 3.77. The molecule has 1 aliphatic rings. The van der Waals surface area contributed by atoms with E-state index in [-0.39, 0.29) is 5.92 Å². The van der Waals surface area contributed by atoms with E-state index >= 15 is 0 Å². The second kappa shape index (κ2) is 8.03. The van der Waals surface area contributed by atoms with Crippen LogP contribution in [0.3, 0.4) is 0 Å². The van der Waals surface area contributed by atoms with Gasteiger partial charge >= 0.3 is 0 Å². The molecule has 0 spiro atoms. The smallest absolute Gasteiger partial charge is 0.140 e. The quantitative estimate of drug-likeness (QED) is 0.214. The van der Waals surface area contributed by atoms with Crippen LogP contribution in [0.5, 0.6) is 0 Å². The van der Waals surface area contributed by atoms with E-state index in [4.69, 9.17) is 4.98 Å². The Hall–Kier alpha value is -1.39. The molecular weight excluding hydrogens is 652 g/mol. The molecule has 0 saturated carbocycles. The molecule has 1 atom stereocenters. The van der Waals surface area contributed by atoms with E-state index in [1.807, 2.05) is 6.20 Å². The number of rotatable bonds is 3. The van der Waals surface area contributed by atoms with Gasteiger partial charge in [0.05, 0.1) is 11.4 Å². The van der Waals surface area contributed by atoms with E-state index in [1.54, 1.807) is 0 Å². The second-order valence-corrected chi connectivity index (χ2v) is 10.5. The number of hydrogen-bond donors (Lipinski definition) is 2. The fraction of sp³-hybridized carbons (Fsp3) is 0.0870. The molecule has 5 rings (SSSR count). The van der Waals surface area contributed by atoms with Gasteiger partial charge in [0.15, 0.2) is 0 Å². The lowest BCUT2D eigenvalue weighted by molar-refractivity contribution is 0.826. The van der Waals surface area contributed by atoms with Gasteiger partial charge in [0, 0.05) is 45.8 Å². The van der Waals surface area contributed by atoms with E-state index in [0.717, 1.165) is 44.6 Å². The number of H-pyrrole nitrogens is 2. The number of hydrogen-bond acceptors (Lipinski definition) is 1. The highest BCUT2D eigenvalue weighted by atomic mass is 127. The van der Waals surface area contributed by atoms with Crippen molar-refractivity contribution in [2.75, 3.05) is 0 Å². The van der Waals surface area contributed by atoms with Crippen molar-refractivity contribution in [3.63, 3.8) is 0 Å². The zero-order valence-corrected chi connectivity index (χ0v) is 21.1. The van der Waals surface area contributed by atoms with Crippen LogP contribution in [-0.4, -0.2) is 15.0 Å². The molecule has 29 heavy (non-hydrogen) atoms. The largest absolute Gasteiger partial charge is 0.360 e. The number of aromatic amines is 2. The summed E-state index contributed by atoms with van der Waals surface area (Å²) in [5.41, 5.74) is 5.56. The Bertz CT molecular complexity index is 1280. The molecule has 3 nitrogen and oxygen atoms in total. The molecule has 0 aliphatic heterocycles. The summed E-state index contributed by atoms with van der Waals surface area (Å²) in [6.45, 7) is 0. The SMILES string of the molecule is Brc1ccc2[nH]cc(-c3nc(C4C=C(I)C=CC4)c(-c4cccc(I)c4)[nH]3)c2c1. The third kappa shape index (κ3) is 3.86. The lowest BCUT2D eigenvalue weighted by atomic mass is 9.94. The highest BCUT2D eigenvalue weighted by molar-refractivity contribution is 14.1. The van der Waals surface area contributed by atoms with Gasteiger partial charge in [-0.1, -0.05) is 46.3 Å². The number of allylic oxidation sites excluding steroid dienone is 4. The van der Waals surface area contributed by atoms with Gasteiger partial charge in [-0.2, -0.15) is 0 Å². The summed E-state index contributed by atoms with van der Waals surface area (Å²) >= 11 is 8.35. The summed E-state index contributed by atoms with van der Waals surface area (Å²) in [5, 5.41) is 1.16. The average Bonchev–Trinajstić information content (AvgIpc) is 3.32. The molecule has 0 fully saturated rings. The van der Waals surface area contributed by atoms with Crippen LogP contribution in [0.4, 0.5) is 0 Å². The van der Waals surface area contributed by atoms with E-state index in [0.29, 0.717) is 0 Å². The summed E-state index contributed by atoms with van der Waals surface area (Å²) in [7, 11) is 0. The summed E-state index contributed by atoms with van der Waals surface area (Å²) in [4.78, 5) is 12.1. The van der Waals surface area contributed by atoms with Gasteiger partial charge < -0.3 is 9.97 Å². The van der Waals surface area contributed by atoms with Crippen molar-refractivity contribution in [3.05, 3.63) is 84.2 Å². The van der Waals surface area contributed by atoms with Gasteiger partial charge in [-0.15, -0.1) is 0 Å². The number of imidazole rings is 1. The molecule has 0 amide bonds. The predicted octanol–water partition coefficient (Wildman–Crippen LogP) is 7.95. The number of halogens is 3. The minimum atomic E-state index is 0.265. The molecule has 4 aromatic rings. The summed E-state index contributed by atoms with van der Waals surface area (Å²) in [6, 6.07) is 14.9. The fourth-order valence-corrected chi connectivity index (χ4v) is 5.36. The predicted molar refractivity (Wildman–Crippen MR) is 140 cm³/mol. The van der Waals surface area contributed by atoms with E-state index < -0.39 is 0 Å². The van der Waals surface area contributed by atoms with Crippen LogP contribution in [-0.2, 0) is 0 Å². The van der Waals surface area contributed by atoms with Crippen LogP contribution in [0.2, 0.25) is 0 Å². The van der Waals surface area contributed by atoms with Gasteiger partial charge in [-0.05, 0) is 81.9 Å². The molecule has 1 unspecified atom stereocenters. The van der Waals surface area contributed by atoms with Crippen LogP contribution in [0.25, 0.3) is 33.5 Å². The molecule has 144 valence electrons. The lowest BCUT2D eigenvalue weighted by Gasteiger charge is -2.14. The zero-order chi connectivity index (χ0) is 20.0. The third-order valence-electron chi connectivity index (χ3n) is 5.12. The highest BCUT2D eigenvalue weighted by Gasteiger charge is 2.22. The Morgan fingerprint density at radius 2 is 2.00 bits per heavy atom. The molecule has 6 heteroatoms. The minimum Gasteiger partial charge on any atom is -0.360 e. The average molecular weight is 668 g/mol. The number of nitrogens with one attached hydrogen (secondary N) is 2. The maximum absolute atomic E-state index is 5.12. The van der Waals surface area contributed by atoms with Gasteiger partial charge in [0.1, 0.15) is 5.82 Å². The standard InChI is InChI=1S/C23H16BrI2N3/c24-15-7-8-20-18(11-15)19(12-27-20)23-28-21(13-3-1-5-16(25)9-13)22(29-23)14-4-2-6-17(26)10-14/h1-3,5-12,14,27H,4H2,(H,28,29). The van der Waals surface area contributed by atoms with Crippen molar-refractivity contribution in [1.29, 1.82) is 0 Å². The maximum atomic E-state index is 5.12. The van der Waals surface area contributed by atoms with Crippen molar-refractivity contribution >= 4 is 72.0 Å². The van der Waals surface area contributed by atoms with Gasteiger partial charge in [0.25, 0.3) is 0 Å². The van der Waals surface area contributed by atoms with Gasteiger partial charge in [0.2, 0.25) is 0 Å². The molecule has 2 aromatic carbocycles. The molecule has 1 aliphatic carbocycles. The molecular formula is C23H16BrI2N3. The molecule has 0 bridgehead atoms.